The third kappa shape index (κ3) is 3.64. The number of hydrogen-bond acceptors (Lipinski definition) is 5. The second kappa shape index (κ2) is 5.23. The van der Waals surface area contributed by atoms with Gasteiger partial charge in [0.25, 0.3) is 0 Å². The summed E-state index contributed by atoms with van der Waals surface area (Å²) in [7, 11) is 0. The lowest BCUT2D eigenvalue weighted by atomic mass is 10.2. The van der Waals surface area contributed by atoms with E-state index in [0.29, 0.717) is 0 Å². The Morgan fingerprint density at radius 2 is 2.08 bits per heavy atom. The van der Waals surface area contributed by atoms with Gasteiger partial charge in [-0.3, -0.25) is 0 Å². The zero-order valence-corrected chi connectivity index (χ0v) is 6.90. The average molecular weight is 186 g/mol. The molecule has 0 spiro atoms. The molecule has 1 unspecified atom stereocenters. The maximum absolute atomic E-state index is 10.9. The van der Waals surface area contributed by atoms with Crippen LogP contribution in [0.25, 0.3) is 0 Å². The van der Waals surface area contributed by atoms with Gasteiger partial charge in [0.2, 0.25) is 0 Å². The van der Waals surface area contributed by atoms with E-state index in [1.807, 2.05) is 0 Å². The summed E-state index contributed by atoms with van der Waals surface area (Å²) in [5, 5.41) is 17.3. The van der Waals surface area contributed by atoms with E-state index < -0.39 is 24.6 Å². The number of ether oxygens (including phenoxy) is 1. The van der Waals surface area contributed by atoms with Gasteiger partial charge in [-0.25, -0.2) is 9.59 Å². The van der Waals surface area contributed by atoms with Crippen LogP contribution in [-0.2, 0) is 14.3 Å². The van der Waals surface area contributed by atoms with Crippen LogP contribution in [0.1, 0.15) is 0 Å². The fourth-order valence-electron chi connectivity index (χ4n) is 0.445. The number of hydrogen-bond donors (Lipinski definition) is 2. The lowest BCUT2D eigenvalue weighted by molar-refractivity contribution is -0.154. The number of carbonyl (C=O) groups is 2. The third-order valence-electron chi connectivity index (χ3n) is 1.20. The molecule has 0 amide bonds. The maximum atomic E-state index is 10.9. The molecule has 0 fully saturated rings. The van der Waals surface area contributed by atoms with Crippen molar-refractivity contribution in [1.29, 1.82) is 0 Å². The Hall–Kier alpha value is -1.46. The van der Waals surface area contributed by atoms with E-state index in [1.54, 1.807) is 0 Å². The van der Waals surface area contributed by atoms with Crippen LogP contribution in [0.4, 0.5) is 0 Å². The van der Waals surface area contributed by atoms with E-state index >= 15 is 0 Å². The number of aliphatic hydroxyl groups is 2. The highest BCUT2D eigenvalue weighted by Gasteiger charge is 2.18. The van der Waals surface area contributed by atoms with Gasteiger partial charge in [0.05, 0.1) is 12.2 Å². The molecule has 2 N–H and O–H groups in total. The Morgan fingerprint density at radius 3 is 2.46 bits per heavy atom. The van der Waals surface area contributed by atoms with Crippen LogP contribution >= 0.6 is 0 Å². The van der Waals surface area contributed by atoms with Crippen LogP contribution < -0.4 is 0 Å². The molecule has 0 aromatic carbocycles. The van der Waals surface area contributed by atoms with Crippen LogP contribution in [0.2, 0.25) is 0 Å². The van der Waals surface area contributed by atoms with Gasteiger partial charge in [-0.2, -0.15) is 0 Å². The Bertz CT molecular complexity index is 243. The Balaban J connectivity index is 4.19. The van der Waals surface area contributed by atoms with Crippen molar-refractivity contribution in [2.45, 2.75) is 6.10 Å². The molecule has 5 heteroatoms. The SMILES string of the molecule is C=CC(=O)OC(=O)C(=C)C(O)CO. The molecule has 0 aliphatic rings. The van der Waals surface area contributed by atoms with Crippen LogP contribution in [0.3, 0.4) is 0 Å². The normalized spacial score (nSPS) is 11.5. The largest absolute Gasteiger partial charge is 0.393 e. The van der Waals surface area contributed by atoms with Gasteiger partial charge in [0.1, 0.15) is 6.10 Å². The lowest BCUT2D eigenvalue weighted by Crippen LogP contribution is -2.23. The molecule has 0 saturated heterocycles. The Morgan fingerprint density at radius 1 is 1.54 bits per heavy atom. The molecule has 13 heavy (non-hydrogen) atoms. The zero-order chi connectivity index (χ0) is 10.4. The van der Waals surface area contributed by atoms with E-state index in [1.165, 1.54) is 0 Å². The van der Waals surface area contributed by atoms with E-state index in [-0.39, 0.29) is 5.57 Å². The molecular formula is C8H10O5. The minimum Gasteiger partial charge on any atom is -0.393 e. The van der Waals surface area contributed by atoms with Gasteiger partial charge in [0, 0.05) is 6.08 Å². The fourth-order valence-corrected chi connectivity index (χ4v) is 0.445. The van der Waals surface area contributed by atoms with Crippen LogP contribution in [0.5, 0.6) is 0 Å². The van der Waals surface area contributed by atoms with Gasteiger partial charge >= 0.3 is 11.9 Å². The average Bonchev–Trinajstić information content (AvgIpc) is 2.14. The number of esters is 2. The maximum Gasteiger partial charge on any atom is 0.344 e. The quantitative estimate of drug-likeness (QED) is 0.339. The van der Waals surface area contributed by atoms with Gasteiger partial charge in [0.15, 0.2) is 0 Å². The number of carbonyl (C=O) groups excluding carboxylic acids is 2. The molecule has 0 aromatic rings. The highest BCUT2D eigenvalue weighted by molar-refractivity contribution is 5.99. The minimum absolute atomic E-state index is 0.377. The first-order chi connectivity index (χ1) is 6.02. The summed E-state index contributed by atoms with van der Waals surface area (Å²) in [5.74, 6) is -2.01. The lowest BCUT2D eigenvalue weighted by Gasteiger charge is -2.07. The first kappa shape index (κ1) is 11.5. The van der Waals surface area contributed by atoms with Gasteiger partial charge < -0.3 is 14.9 Å². The number of rotatable bonds is 4. The first-order valence-corrected chi connectivity index (χ1v) is 3.39. The molecule has 1 atom stereocenters. The summed E-state index contributed by atoms with van der Waals surface area (Å²) in [6.45, 7) is 5.55. The summed E-state index contributed by atoms with van der Waals surface area (Å²) >= 11 is 0. The van der Waals surface area contributed by atoms with Crippen LogP contribution in [0.15, 0.2) is 24.8 Å². The molecule has 5 nitrogen and oxygen atoms in total. The Labute approximate surface area is 74.9 Å². The molecule has 0 aromatic heterocycles. The van der Waals surface area contributed by atoms with Crippen molar-refractivity contribution >= 4 is 11.9 Å². The number of aliphatic hydroxyl groups excluding tert-OH is 2. The predicted octanol–water partition coefficient (Wildman–Crippen LogP) is -0.848. The summed E-state index contributed by atoms with van der Waals surface area (Å²) in [6.07, 6.45) is -0.610. The monoisotopic (exact) mass is 186 g/mol. The van der Waals surface area contributed by atoms with E-state index in [4.69, 9.17) is 10.2 Å². The van der Waals surface area contributed by atoms with Gasteiger partial charge in [-0.1, -0.05) is 13.2 Å². The molecule has 0 saturated carbocycles. The van der Waals surface area contributed by atoms with E-state index in [9.17, 15) is 9.59 Å². The summed E-state index contributed by atoms with van der Waals surface area (Å²) in [5.41, 5.74) is -0.377. The Kier molecular flexibility index (Phi) is 4.64. The fraction of sp³-hybridized carbons (Fsp3) is 0.250. The van der Waals surface area contributed by atoms with Crippen molar-refractivity contribution < 1.29 is 24.5 Å². The molecule has 0 heterocycles. The molecule has 0 radical (unpaired) electrons. The molecule has 0 aliphatic heterocycles. The predicted molar refractivity (Wildman–Crippen MR) is 43.5 cm³/mol. The first-order valence-electron chi connectivity index (χ1n) is 3.39. The van der Waals surface area contributed by atoms with E-state index in [0.717, 1.165) is 6.08 Å². The van der Waals surface area contributed by atoms with Crippen molar-refractivity contribution in [3.8, 4) is 0 Å². The zero-order valence-electron chi connectivity index (χ0n) is 6.90. The van der Waals surface area contributed by atoms with Crippen molar-refractivity contribution in [2.24, 2.45) is 0 Å². The molecule has 72 valence electrons. The molecular weight excluding hydrogens is 176 g/mol. The minimum atomic E-state index is -1.41. The third-order valence-corrected chi connectivity index (χ3v) is 1.20. The summed E-state index contributed by atoms with van der Waals surface area (Å²) < 4.78 is 4.12. The van der Waals surface area contributed by atoms with Crippen LogP contribution in [-0.4, -0.2) is 34.9 Å². The van der Waals surface area contributed by atoms with Crippen molar-refractivity contribution in [1.82, 2.24) is 0 Å². The second-order valence-electron chi connectivity index (χ2n) is 2.14. The smallest absolute Gasteiger partial charge is 0.344 e. The standard InChI is InChI=1S/C8H10O5/c1-3-7(11)13-8(12)5(2)6(10)4-9/h3,6,9-10H,1-2,4H2. The topological polar surface area (TPSA) is 83.8 Å². The van der Waals surface area contributed by atoms with Gasteiger partial charge in [-0.15, -0.1) is 0 Å². The van der Waals surface area contributed by atoms with E-state index in [2.05, 4.69) is 17.9 Å². The van der Waals surface area contributed by atoms with Crippen molar-refractivity contribution in [3.63, 3.8) is 0 Å². The molecule has 0 rings (SSSR count). The van der Waals surface area contributed by atoms with Crippen molar-refractivity contribution in [3.05, 3.63) is 24.8 Å². The highest BCUT2D eigenvalue weighted by atomic mass is 16.6. The second-order valence-corrected chi connectivity index (χ2v) is 2.14. The summed E-state index contributed by atoms with van der Waals surface area (Å²) in [6, 6.07) is 0. The molecule has 0 bridgehead atoms. The van der Waals surface area contributed by atoms with Crippen molar-refractivity contribution in [2.75, 3.05) is 6.61 Å². The summed E-state index contributed by atoms with van der Waals surface area (Å²) in [4.78, 5) is 21.3. The van der Waals surface area contributed by atoms with Crippen LogP contribution in [0, 0.1) is 0 Å². The van der Waals surface area contributed by atoms with Gasteiger partial charge in [-0.05, 0) is 0 Å². The molecule has 0 aliphatic carbocycles. The highest BCUT2D eigenvalue weighted by Crippen LogP contribution is 2.01.